The summed E-state index contributed by atoms with van der Waals surface area (Å²) in [5.41, 5.74) is 5.58. The van der Waals surface area contributed by atoms with Crippen LogP contribution in [0.4, 0.5) is 0 Å². The molecule has 20 heavy (non-hydrogen) atoms. The van der Waals surface area contributed by atoms with E-state index in [4.69, 9.17) is 5.73 Å². The summed E-state index contributed by atoms with van der Waals surface area (Å²) in [4.78, 5) is 3.74. The smallest absolute Gasteiger partial charge is 0.244 e. The molecular weight excluding hydrogens is 294 g/mol. The van der Waals surface area contributed by atoms with Gasteiger partial charge in [-0.1, -0.05) is 0 Å². The van der Waals surface area contributed by atoms with Gasteiger partial charge in [-0.05, 0) is 32.4 Å². The van der Waals surface area contributed by atoms with Gasteiger partial charge in [0, 0.05) is 42.0 Å². The number of rotatable bonds is 3. The lowest BCUT2D eigenvalue weighted by Crippen LogP contribution is -2.56. The molecule has 0 spiro atoms. The fraction of sp³-hybridized carbons (Fsp3) is 0.692. The van der Waals surface area contributed by atoms with Gasteiger partial charge in [-0.25, -0.2) is 8.42 Å². The normalized spacial score (nSPS) is 28.7. The van der Waals surface area contributed by atoms with Crippen molar-refractivity contribution in [3.8, 4) is 0 Å². The molecule has 3 rings (SSSR count). The minimum Gasteiger partial charge on any atom is -0.326 e. The highest BCUT2D eigenvalue weighted by Gasteiger charge is 2.40. The number of thiophene rings is 1. The monoisotopic (exact) mass is 315 g/mol. The quantitative estimate of drug-likeness (QED) is 0.906. The first-order valence-electron chi connectivity index (χ1n) is 7.05. The summed E-state index contributed by atoms with van der Waals surface area (Å²) in [7, 11) is -3.38. The Bertz CT molecular complexity index is 584. The fourth-order valence-electron chi connectivity index (χ4n) is 3.23. The molecule has 0 saturated carbocycles. The molecule has 0 amide bonds. The lowest BCUT2D eigenvalue weighted by molar-refractivity contribution is 0.117. The van der Waals surface area contributed by atoms with E-state index in [9.17, 15) is 8.42 Å². The molecule has 1 aromatic heterocycles. The first kappa shape index (κ1) is 14.5. The Kier molecular flexibility index (Phi) is 3.89. The second-order valence-electron chi connectivity index (χ2n) is 5.67. The Morgan fingerprint density at radius 2 is 2.25 bits per heavy atom. The molecule has 5 nitrogen and oxygen atoms in total. The van der Waals surface area contributed by atoms with E-state index in [-0.39, 0.29) is 6.04 Å². The molecule has 2 unspecified atom stereocenters. The summed E-state index contributed by atoms with van der Waals surface area (Å²) < 4.78 is 27.3. The van der Waals surface area contributed by atoms with Crippen LogP contribution in [0.5, 0.6) is 0 Å². The standard InChI is InChI=1S/C13H21N3O2S2/c1-10-7-15-4-2-3-11(15)8-16(10)20(17,18)13-5-12(6-14)19-9-13/h5,9-11H,2-4,6-8,14H2,1H3. The first-order chi connectivity index (χ1) is 9.52. The molecule has 2 saturated heterocycles. The second kappa shape index (κ2) is 5.38. The van der Waals surface area contributed by atoms with Gasteiger partial charge < -0.3 is 5.73 Å². The van der Waals surface area contributed by atoms with Crippen molar-refractivity contribution < 1.29 is 8.42 Å². The van der Waals surface area contributed by atoms with Gasteiger partial charge in [0.15, 0.2) is 0 Å². The van der Waals surface area contributed by atoms with Crippen molar-refractivity contribution in [1.29, 1.82) is 0 Å². The molecule has 2 N–H and O–H groups in total. The van der Waals surface area contributed by atoms with Crippen molar-refractivity contribution in [2.24, 2.45) is 5.73 Å². The summed E-state index contributed by atoms with van der Waals surface area (Å²) in [5.74, 6) is 0. The largest absolute Gasteiger partial charge is 0.326 e. The molecular formula is C13H21N3O2S2. The molecule has 1 aromatic rings. The zero-order valence-electron chi connectivity index (χ0n) is 11.7. The van der Waals surface area contributed by atoms with Crippen molar-refractivity contribution in [2.75, 3.05) is 19.6 Å². The summed E-state index contributed by atoms with van der Waals surface area (Å²) in [6.45, 7) is 4.97. The van der Waals surface area contributed by atoms with Crippen LogP contribution < -0.4 is 5.73 Å². The number of piperazine rings is 1. The number of hydrogen-bond acceptors (Lipinski definition) is 5. The fourth-order valence-corrected chi connectivity index (χ4v) is 6.04. The van der Waals surface area contributed by atoms with Crippen molar-refractivity contribution >= 4 is 21.4 Å². The minimum atomic E-state index is -3.38. The van der Waals surface area contributed by atoms with Crippen LogP contribution >= 0.6 is 11.3 Å². The van der Waals surface area contributed by atoms with Gasteiger partial charge in [0.2, 0.25) is 10.0 Å². The average Bonchev–Trinajstić information content (AvgIpc) is 3.05. The van der Waals surface area contributed by atoms with Crippen LogP contribution in [0.3, 0.4) is 0 Å². The van der Waals surface area contributed by atoms with Crippen LogP contribution in [0.1, 0.15) is 24.6 Å². The van der Waals surface area contributed by atoms with Crippen LogP contribution in [-0.2, 0) is 16.6 Å². The third-order valence-electron chi connectivity index (χ3n) is 4.32. The molecule has 7 heteroatoms. The maximum Gasteiger partial charge on any atom is 0.244 e. The topological polar surface area (TPSA) is 66.6 Å². The number of nitrogens with zero attached hydrogens (tertiary/aromatic N) is 2. The maximum atomic E-state index is 12.8. The molecule has 0 aliphatic carbocycles. The van der Waals surface area contributed by atoms with Crippen molar-refractivity contribution in [3.63, 3.8) is 0 Å². The average molecular weight is 315 g/mol. The molecule has 2 fully saturated rings. The van der Waals surface area contributed by atoms with Crippen molar-refractivity contribution in [2.45, 2.75) is 43.3 Å². The summed E-state index contributed by atoms with van der Waals surface area (Å²) in [5, 5.41) is 1.71. The third-order valence-corrected chi connectivity index (χ3v) is 7.38. The number of fused-ring (bicyclic) bond motifs is 1. The lowest BCUT2D eigenvalue weighted by Gasteiger charge is -2.41. The van der Waals surface area contributed by atoms with E-state index in [0.29, 0.717) is 24.0 Å². The van der Waals surface area contributed by atoms with E-state index < -0.39 is 10.0 Å². The van der Waals surface area contributed by atoms with E-state index in [0.717, 1.165) is 24.4 Å². The van der Waals surface area contributed by atoms with Crippen LogP contribution in [0, 0.1) is 0 Å². The van der Waals surface area contributed by atoms with E-state index >= 15 is 0 Å². The molecule has 0 aromatic carbocycles. The van der Waals surface area contributed by atoms with E-state index in [1.54, 1.807) is 15.8 Å². The van der Waals surface area contributed by atoms with E-state index in [2.05, 4.69) is 4.90 Å². The van der Waals surface area contributed by atoms with E-state index in [1.807, 2.05) is 6.92 Å². The Labute approximate surface area is 124 Å². The molecule has 2 aliphatic heterocycles. The van der Waals surface area contributed by atoms with Gasteiger partial charge in [0.05, 0.1) is 4.90 Å². The highest BCUT2D eigenvalue weighted by atomic mass is 32.2. The van der Waals surface area contributed by atoms with Gasteiger partial charge in [0.1, 0.15) is 0 Å². The Balaban J connectivity index is 1.86. The van der Waals surface area contributed by atoms with Gasteiger partial charge >= 0.3 is 0 Å². The first-order valence-corrected chi connectivity index (χ1v) is 9.37. The summed E-state index contributed by atoms with van der Waals surface area (Å²) >= 11 is 1.42. The summed E-state index contributed by atoms with van der Waals surface area (Å²) in [6.07, 6.45) is 2.29. The SMILES string of the molecule is CC1CN2CCCC2CN1S(=O)(=O)c1csc(CN)c1. The number of nitrogens with two attached hydrogens (primary N) is 1. The molecule has 0 bridgehead atoms. The van der Waals surface area contributed by atoms with Crippen molar-refractivity contribution in [3.05, 3.63) is 16.3 Å². The minimum absolute atomic E-state index is 0.0376. The molecule has 2 atom stereocenters. The predicted octanol–water partition coefficient (Wildman–Crippen LogP) is 1.06. The van der Waals surface area contributed by atoms with Gasteiger partial charge in [-0.15, -0.1) is 11.3 Å². The van der Waals surface area contributed by atoms with Crippen molar-refractivity contribution in [1.82, 2.24) is 9.21 Å². The predicted molar refractivity (Wildman–Crippen MR) is 80.2 cm³/mol. The number of sulfonamides is 1. The van der Waals surface area contributed by atoms with Gasteiger partial charge in [-0.2, -0.15) is 4.31 Å². The van der Waals surface area contributed by atoms with Gasteiger partial charge in [0.25, 0.3) is 0 Å². The number of hydrogen-bond donors (Lipinski definition) is 1. The Morgan fingerprint density at radius 3 is 2.95 bits per heavy atom. The third kappa shape index (κ3) is 2.42. The van der Waals surface area contributed by atoms with Crippen LogP contribution in [0.2, 0.25) is 0 Å². The highest BCUT2D eigenvalue weighted by Crippen LogP contribution is 2.30. The van der Waals surface area contributed by atoms with Crippen LogP contribution in [-0.4, -0.2) is 49.3 Å². The summed E-state index contributed by atoms with van der Waals surface area (Å²) in [6, 6.07) is 2.15. The molecule has 2 aliphatic rings. The van der Waals surface area contributed by atoms with E-state index in [1.165, 1.54) is 17.8 Å². The van der Waals surface area contributed by atoms with Crippen LogP contribution in [0.15, 0.2) is 16.3 Å². The Hall–Kier alpha value is -0.470. The zero-order valence-corrected chi connectivity index (χ0v) is 13.3. The molecule has 112 valence electrons. The highest BCUT2D eigenvalue weighted by molar-refractivity contribution is 7.89. The molecule has 3 heterocycles. The Morgan fingerprint density at radius 1 is 1.45 bits per heavy atom. The lowest BCUT2D eigenvalue weighted by atomic mass is 10.1. The maximum absolute atomic E-state index is 12.8. The molecule has 0 radical (unpaired) electrons. The second-order valence-corrected chi connectivity index (χ2v) is 8.55. The van der Waals surface area contributed by atoms with Gasteiger partial charge in [-0.3, -0.25) is 4.90 Å². The zero-order chi connectivity index (χ0) is 14.3. The van der Waals surface area contributed by atoms with Crippen LogP contribution in [0.25, 0.3) is 0 Å².